The number of nitrogens with zero attached hydrogens (tertiary/aromatic N) is 2. The Balaban J connectivity index is 1.32. The molecule has 0 aliphatic carbocycles. The molecule has 2 heterocycles. The summed E-state index contributed by atoms with van der Waals surface area (Å²) >= 11 is 0. The Kier molecular flexibility index (Phi) is 8.37. The fourth-order valence-electron chi connectivity index (χ4n) is 4.43. The highest BCUT2D eigenvalue weighted by Gasteiger charge is 2.19. The Morgan fingerprint density at radius 1 is 1.00 bits per heavy atom. The molecule has 0 fully saturated rings. The van der Waals surface area contributed by atoms with Crippen LogP contribution in [0.25, 0.3) is 10.9 Å². The van der Waals surface area contributed by atoms with E-state index >= 15 is 0 Å². The fourth-order valence-corrected chi connectivity index (χ4v) is 4.43. The number of hydrogen-bond donors (Lipinski definition) is 2. The second kappa shape index (κ2) is 12.5. The van der Waals surface area contributed by atoms with E-state index in [1.54, 1.807) is 30.5 Å². The lowest BCUT2D eigenvalue weighted by Gasteiger charge is -2.22. The van der Waals surface area contributed by atoms with Gasteiger partial charge in [0.05, 0.1) is 22.5 Å². The van der Waals surface area contributed by atoms with Gasteiger partial charge in [-0.15, -0.1) is 0 Å². The van der Waals surface area contributed by atoms with Crippen LogP contribution in [0.4, 0.5) is 14.6 Å². The summed E-state index contributed by atoms with van der Waals surface area (Å²) in [6, 6.07) is 20.6. The minimum atomic E-state index is -0.940. The number of aromatic nitrogens is 2. The third kappa shape index (κ3) is 6.35. The highest BCUT2D eigenvalue weighted by molar-refractivity contribution is 5.98. The lowest BCUT2D eigenvalue weighted by Crippen LogP contribution is -2.28. The molecule has 0 spiro atoms. The molecule has 0 bridgehead atoms. The van der Waals surface area contributed by atoms with Gasteiger partial charge in [0.1, 0.15) is 18.2 Å². The summed E-state index contributed by atoms with van der Waals surface area (Å²) in [5.41, 5.74) is 1.34. The predicted octanol–water partition coefficient (Wildman–Crippen LogP) is 4.37. The molecular formula is C31H26F2N4O5. The van der Waals surface area contributed by atoms with Crippen molar-refractivity contribution in [2.45, 2.75) is 12.5 Å². The van der Waals surface area contributed by atoms with Gasteiger partial charge < -0.3 is 19.8 Å². The average Bonchev–Trinajstić information content (AvgIpc) is 3.00. The number of carbonyl (C=O) groups excluding carboxylic acids is 1. The number of nitrogens with one attached hydrogen (secondary N) is 2. The summed E-state index contributed by atoms with van der Waals surface area (Å²) in [7, 11) is 1.51. The molecule has 11 heteroatoms. The second-order valence-electron chi connectivity index (χ2n) is 9.47. The quantitative estimate of drug-likeness (QED) is 0.255. The van der Waals surface area contributed by atoms with Gasteiger partial charge in [0.15, 0.2) is 11.6 Å². The number of carbonyl (C=O) groups is 1. The molecule has 1 atom stereocenters. The number of rotatable bonds is 10. The maximum atomic E-state index is 13.5. The SMILES string of the molecule is Cn1c(=O)oc(=O)c2cc(OC[C@H](Nc3ncccc3C(=O)NCCc3ccc(F)c(F)c3)c3ccccc3)ccc21. The number of amides is 1. The highest BCUT2D eigenvalue weighted by Crippen LogP contribution is 2.24. The first-order valence-corrected chi connectivity index (χ1v) is 13.1. The molecule has 214 valence electrons. The van der Waals surface area contributed by atoms with Gasteiger partial charge in [0.2, 0.25) is 0 Å². The van der Waals surface area contributed by atoms with Crippen molar-refractivity contribution in [3.05, 3.63) is 134 Å². The van der Waals surface area contributed by atoms with Crippen LogP contribution < -0.4 is 26.8 Å². The van der Waals surface area contributed by atoms with Gasteiger partial charge in [0.25, 0.3) is 5.91 Å². The van der Waals surface area contributed by atoms with Gasteiger partial charge in [-0.2, -0.15) is 0 Å². The van der Waals surface area contributed by atoms with Gasteiger partial charge in [-0.25, -0.2) is 23.4 Å². The first-order chi connectivity index (χ1) is 20.3. The third-order valence-electron chi connectivity index (χ3n) is 6.67. The smallest absolute Gasteiger partial charge is 0.422 e. The van der Waals surface area contributed by atoms with Crippen LogP contribution >= 0.6 is 0 Å². The number of ether oxygens (including phenoxy) is 1. The van der Waals surface area contributed by atoms with E-state index in [0.29, 0.717) is 29.1 Å². The highest BCUT2D eigenvalue weighted by atomic mass is 19.2. The van der Waals surface area contributed by atoms with E-state index in [1.807, 2.05) is 30.3 Å². The van der Waals surface area contributed by atoms with Crippen LogP contribution in [0.1, 0.15) is 27.5 Å². The summed E-state index contributed by atoms with van der Waals surface area (Å²) < 4.78 is 38.8. The maximum Gasteiger partial charge on any atom is 0.422 e. The number of benzene rings is 3. The predicted molar refractivity (Wildman–Crippen MR) is 153 cm³/mol. The van der Waals surface area contributed by atoms with E-state index in [4.69, 9.17) is 9.15 Å². The molecule has 3 aromatic carbocycles. The lowest BCUT2D eigenvalue weighted by atomic mass is 10.1. The van der Waals surface area contributed by atoms with Crippen molar-refractivity contribution in [2.24, 2.45) is 7.05 Å². The van der Waals surface area contributed by atoms with Gasteiger partial charge in [-0.3, -0.25) is 9.36 Å². The fraction of sp³-hybridized carbons (Fsp3) is 0.161. The molecule has 0 radical (unpaired) electrons. The lowest BCUT2D eigenvalue weighted by molar-refractivity contribution is 0.0954. The number of fused-ring (bicyclic) bond motifs is 1. The topological polar surface area (TPSA) is 115 Å². The van der Waals surface area contributed by atoms with Crippen LogP contribution in [0.5, 0.6) is 5.75 Å². The van der Waals surface area contributed by atoms with Gasteiger partial charge >= 0.3 is 11.4 Å². The van der Waals surface area contributed by atoms with E-state index in [9.17, 15) is 23.2 Å². The van der Waals surface area contributed by atoms with E-state index in [1.165, 1.54) is 23.7 Å². The van der Waals surface area contributed by atoms with Crippen LogP contribution in [-0.4, -0.2) is 28.6 Å². The summed E-state index contributed by atoms with van der Waals surface area (Å²) in [5, 5.41) is 6.28. The first-order valence-electron chi connectivity index (χ1n) is 13.1. The number of pyridine rings is 1. The van der Waals surface area contributed by atoms with Crippen LogP contribution in [-0.2, 0) is 13.5 Å². The zero-order valence-corrected chi connectivity index (χ0v) is 22.5. The normalized spacial score (nSPS) is 11.7. The van der Waals surface area contributed by atoms with Crippen molar-refractivity contribution in [1.82, 2.24) is 14.9 Å². The Hall–Kier alpha value is -5.32. The average molecular weight is 573 g/mol. The molecule has 0 aliphatic rings. The molecule has 0 saturated heterocycles. The van der Waals surface area contributed by atoms with E-state index in [0.717, 1.165) is 17.7 Å². The summed E-state index contributed by atoms with van der Waals surface area (Å²) in [6.45, 7) is 0.297. The molecule has 0 aliphatic heterocycles. The van der Waals surface area contributed by atoms with Crippen molar-refractivity contribution in [2.75, 3.05) is 18.5 Å². The van der Waals surface area contributed by atoms with Gasteiger partial charge in [0, 0.05) is 19.8 Å². The third-order valence-corrected chi connectivity index (χ3v) is 6.67. The molecule has 5 aromatic rings. The van der Waals surface area contributed by atoms with Crippen LogP contribution in [0, 0.1) is 11.6 Å². The molecule has 0 saturated carbocycles. The van der Waals surface area contributed by atoms with Crippen molar-refractivity contribution < 1.29 is 22.7 Å². The summed E-state index contributed by atoms with van der Waals surface area (Å²) in [4.78, 5) is 41.5. The van der Waals surface area contributed by atoms with E-state index in [2.05, 4.69) is 15.6 Å². The minimum absolute atomic E-state index is 0.0976. The molecule has 5 rings (SSSR count). The Labute approximate surface area is 238 Å². The van der Waals surface area contributed by atoms with Crippen molar-refractivity contribution in [3.63, 3.8) is 0 Å². The number of anilines is 1. The van der Waals surface area contributed by atoms with Crippen molar-refractivity contribution >= 4 is 22.6 Å². The number of aryl methyl sites for hydroxylation is 1. The minimum Gasteiger partial charge on any atom is -0.491 e. The number of hydrogen-bond acceptors (Lipinski definition) is 7. The van der Waals surface area contributed by atoms with Gasteiger partial charge in [-0.1, -0.05) is 36.4 Å². The summed E-state index contributed by atoms with van der Waals surface area (Å²) in [5.74, 6) is -2.32. The molecule has 9 nitrogen and oxygen atoms in total. The van der Waals surface area contributed by atoms with Crippen LogP contribution in [0.3, 0.4) is 0 Å². The summed E-state index contributed by atoms with van der Waals surface area (Å²) in [6.07, 6.45) is 1.86. The van der Waals surface area contributed by atoms with Crippen LogP contribution in [0.15, 0.2) is 99.1 Å². The molecule has 1 amide bonds. The largest absolute Gasteiger partial charge is 0.491 e. The van der Waals surface area contributed by atoms with E-state index in [-0.39, 0.29) is 24.1 Å². The Morgan fingerprint density at radius 3 is 2.60 bits per heavy atom. The van der Waals surface area contributed by atoms with Gasteiger partial charge in [-0.05, 0) is 60.0 Å². The molecule has 42 heavy (non-hydrogen) atoms. The molecule has 0 unspecified atom stereocenters. The zero-order valence-electron chi connectivity index (χ0n) is 22.5. The maximum absolute atomic E-state index is 13.5. The molecule has 2 N–H and O–H groups in total. The second-order valence-corrected chi connectivity index (χ2v) is 9.47. The first kappa shape index (κ1) is 28.2. The zero-order chi connectivity index (χ0) is 29.6. The molecular weight excluding hydrogens is 546 g/mol. The van der Waals surface area contributed by atoms with E-state index < -0.39 is 35.0 Å². The number of halogens is 2. The van der Waals surface area contributed by atoms with Crippen LogP contribution in [0.2, 0.25) is 0 Å². The Morgan fingerprint density at radius 2 is 1.81 bits per heavy atom. The Bertz CT molecular complexity index is 1860. The van der Waals surface area contributed by atoms with Crippen molar-refractivity contribution in [1.29, 1.82) is 0 Å². The standard InChI is InChI=1S/C31H26F2N4O5/c1-37-27-12-10-21(17-23(27)30(39)42-31(37)40)41-18-26(20-6-3-2-4-7-20)36-28-22(8-5-14-34-28)29(38)35-15-13-19-9-11-24(32)25(33)16-19/h2-12,14,16-17,26H,13,15,18H2,1H3,(H,34,36)(H,35,38)/t26-/m0/s1. The van der Waals surface area contributed by atoms with Crippen molar-refractivity contribution in [3.8, 4) is 5.75 Å². The monoisotopic (exact) mass is 572 g/mol. The molecule has 2 aromatic heterocycles.